The molecule has 4 amide bonds. The van der Waals surface area contributed by atoms with E-state index in [9.17, 15) is 19.2 Å². The van der Waals surface area contributed by atoms with Crippen molar-refractivity contribution in [2.45, 2.75) is 18.9 Å². The van der Waals surface area contributed by atoms with E-state index in [1.807, 2.05) is 0 Å². The summed E-state index contributed by atoms with van der Waals surface area (Å²) in [5.74, 6) is 3.46. The molecule has 0 aliphatic carbocycles. The number of nitrogens with two attached hydrogens (primary N) is 1. The lowest BCUT2D eigenvalue weighted by molar-refractivity contribution is -0.136. The molecule has 1 unspecified atom stereocenters. The van der Waals surface area contributed by atoms with Crippen molar-refractivity contribution in [2.24, 2.45) is 5.73 Å². The smallest absolute Gasteiger partial charge is 0.263 e. The van der Waals surface area contributed by atoms with Crippen molar-refractivity contribution in [1.82, 2.24) is 10.2 Å². The molecule has 3 N–H and O–H groups in total. The van der Waals surface area contributed by atoms with Crippen LogP contribution in [0.15, 0.2) is 18.2 Å². The summed E-state index contributed by atoms with van der Waals surface area (Å²) in [5.41, 5.74) is 6.06. The van der Waals surface area contributed by atoms with E-state index in [4.69, 9.17) is 15.2 Å². The molecule has 1 saturated heterocycles. The summed E-state index contributed by atoms with van der Waals surface area (Å²) in [4.78, 5) is 50.0. The molecule has 0 saturated carbocycles. The number of amides is 4. The van der Waals surface area contributed by atoms with Gasteiger partial charge in [0.1, 0.15) is 12.6 Å². The molecule has 0 radical (unpaired) electrons. The fourth-order valence-electron chi connectivity index (χ4n) is 3.18. The first kappa shape index (κ1) is 23.5. The van der Waals surface area contributed by atoms with E-state index in [-0.39, 0.29) is 43.0 Å². The Bertz CT molecular complexity index is 908. The maximum absolute atomic E-state index is 12.9. The molecule has 0 spiro atoms. The van der Waals surface area contributed by atoms with Gasteiger partial charge in [0.05, 0.1) is 30.9 Å². The average molecular weight is 436 g/mol. The van der Waals surface area contributed by atoms with Gasteiger partial charge in [-0.2, -0.15) is 0 Å². The SMILES string of the molecule is Cl.NCCOCCOCC#Cc1cccc2c1C(=O)N(C1CCC(=O)NC1=O)C2=O. The van der Waals surface area contributed by atoms with Gasteiger partial charge in [0.2, 0.25) is 11.8 Å². The van der Waals surface area contributed by atoms with Gasteiger partial charge < -0.3 is 15.2 Å². The third-order valence-corrected chi connectivity index (χ3v) is 4.50. The standard InChI is InChI=1S/C20H21N3O6.ClH/c21-8-10-29-12-11-28-9-2-4-13-3-1-5-14-17(13)20(27)23(19(14)26)15-6-7-16(24)22-18(15)25;/h1,3,5,15H,6-12,21H2,(H,22,24,25);1H. The number of carbonyl (C=O) groups is 4. The molecular weight excluding hydrogens is 414 g/mol. The number of piperidine rings is 1. The molecule has 30 heavy (non-hydrogen) atoms. The highest BCUT2D eigenvalue weighted by molar-refractivity contribution is 6.24. The highest BCUT2D eigenvalue weighted by Gasteiger charge is 2.45. The minimum absolute atomic E-state index is 0. The lowest BCUT2D eigenvalue weighted by Crippen LogP contribution is -2.54. The number of benzene rings is 1. The van der Waals surface area contributed by atoms with Gasteiger partial charge >= 0.3 is 0 Å². The quantitative estimate of drug-likeness (QED) is 0.346. The number of nitrogens with zero attached hydrogens (tertiary/aromatic N) is 1. The predicted molar refractivity (Wildman–Crippen MR) is 108 cm³/mol. The predicted octanol–water partition coefficient (Wildman–Crippen LogP) is -0.147. The van der Waals surface area contributed by atoms with Gasteiger partial charge in [-0.15, -0.1) is 12.4 Å². The van der Waals surface area contributed by atoms with Crippen LogP contribution in [0.5, 0.6) is 0 Å². The van der Waals surface area contributed by atoms with Gasteiger partial charge in [0.25, 0.3) is 11.8 Å². The fourth-order valence-corrected chi connectivity index (χ4v) is 3.18. The van der Waals surface area contributed by atoms with E-state index >= 15 is 0 Å². The van der Waals surface area contributed by atoms with Crippen LogP contribution >= 0.6 is 12.4 Å². The zero-order chi connectivity index (χ0) is 20.8. The minimum atomic E-state index is -1.00. The lowest BCUT2D eigenvalue weighted by atomic mass is 10.0. The van der Waals surface area contributed by atoms with Crippen LogP contribution in [-0.4, -0.2) is 67.5 Å². The number of ether oxygens (including phenoxy) is 2. The summed E-state index contributed by atoms with van der Waals surface area (Å²) in [6.45, 7) is 1.82. The number of nitrogens with one attached hydrogen (secondary N) is 1. The van der Waals surface area contributed by atoms with Gasteiger partial charge in [-0.25, -0.2) is 0 Å². The van der Waals surface area contributed by atoms with Gasteiger partial charge in [-0.05, 0) is 18.6 Å². The first-order valence-electron chi connectivity index (χ1n) is 9.23. The molecule has 3 rings (SSSR count). The van der Waals surface area contributed by atoms with Crippen LogP contribution < -0.4 is 11.1 Å². The topological polar surface area (TPSA) is 128 Å². The van der Waals surface area contributed by atoms with E-state index in [0.29, 0.717) is 31.9 Å². The molecular formula is C20H22ClN3O6. The summed E-state index contributed by atoms with van der Waals surface area (Å²) in [7, 11) is 0. The Morgan fingerprint density at radius 3 is 2.60 bits per heavy atom. The molecule has 9 nitrogen and oxygen atoms in total. The van der Waals surface area contributed by atoms with Crippen molar-refractivity contribution in [3.05, 3.63) is 34.9 Å². The van der Waals surface area contributed by atoms with Crippen LogP contribution in [0.3, 0.4) is 0 Å². The van der Waals surface area contributed by atoms with Crippen LogP contribution in [0.4, 0.5) is 0 Å². The zero-order valence-electron chi connectivity index (χ0n) is 16.1. The van der Waals surface area contributed by atoms with E-state index in [1.165, 1.54) is 6.07 Å². The van der Waals surface area contributed by atoms with Gasteiger partial charge in [0, 0.05) is 18.5 Å². The van der Waals surface area contributed by atoms with Crippen molar-refractivity contribution < 1.29 is 28.7 Å². The van der Waals surface area contributed by atoms with E-state index < -0.39 is 29.7 Å². The number of halogens is 1. The molecule has 0 aromatic heterocycles. The first-order valence-corrected chi connectivity index (χ1v) is 9.23. The molecule has 1 fully saturated rings. The Kier molecular flexibility index (Phi) is 8.50. The monoisotopic (exact) mass is 435 g/mol. The molecule has 1 atom stereocenters. The minimum Gasteiger partial charge on any atom is -0.378 e. The number of hydrogen-bond donors (Lipinski definition) is 2. The summed E-state index contributed by atoms with van der Waals surface area (Å²) in [6, 6.07) is 3.79. The second-order valence-corrected chi connectivity index (χ2v) is 6.43. The lowest BCUT2D eigenvalue weighted by Gasteiger charge is -2.27. The number of imide groups is 2. The number of hydrogen-bond acceptors (Lipinski definition) is 7. The summed E-state index contributed by atoms with van der Waals surface area (Å²) in [6.07, 6.45) is 0.181. The van der Waals surface area contributed by atoms with E-state index in [0.717, 1.165) is 4.90 Å². The molecule has 1 aromatic carbocycles. The Morgan fingerprint density at radius 1 is 1.10 bits per heavy atom. The summed E-state index contributed by atoms with van der Waals surface area (Å²) < 4.78 is 10.5. The van der Waals surface area contributed by atoms with Gasteiger partial charge in [-0.1, -0.05) is 17.9 Å². The Labute approximate surface area is 179 Å². The molecule has 2 heterocycles. The number of rotatable bonds is 7. The van der Waals surface area contributed by atoms with Crippen molar-refractivity contribution in [2.75, 3.05) is 33.0 Å². The third-order valence-electron chi connectivity index (χ3n) is 4.50. The Balaban J connectivity index is 0.00000320. The third kappa shape index (κ3) is 5.04. The zero-order valence-corrected chi connectivity index (χ0v) is 17.0. The number of fused-ring (bicyclic) bond motifs is 1. The molecule has 1 aromatic rings. The van der Waals surface area contributed by atoms with E-state index in [1.54, 1.807) is 12.1 Å². The fraction of sp³-hybridized carbons (Fsp3) is 0.400. The summed E-state index contributed by atoms with van der Waals surface area (Å²) in [5, 5.41) is 2.17. The highest BCUT2D eigenvalue weighted by Crippen LogP contribution is 2.29. The van der Waals surface area contributed by atoms with Crippen LogP contribution in [0.2, 0.25) is 0 Å². The largest absolute Gasteiger partial charge is 0.378 e. The normalized spacial score (nSPS) is 17.8. The average Bonchev–Trinajstić information content (AvgIpc) is 2.95. The number of carbonyl (C=O) groups excluding carboxylic acids is 4. The van der Waals surface area contributed by atoms with Gasteiger partial charge in [-0.3, -0.25) is 29.4 Å². The van der Waals surface area contributed by atoms with Gasteiger partial charge in [0.15, 0.2) is 0 Å². The summed E-state index contributed by atoms with van der Waals surface area (Å²) >= 11 is 0. The molecule has 2 aliphatic rings. The van der Waals surface area contributed by atoms with Crippen LogP contribution in [0.25, 0.3) is 0 Å². The molecule has 160 valence electrons. The van der Waals surface area contributed by atoms with E-state index in [2.05, 4.69) is 17.2 Å². The molecule has 10 heteroatoms. The van der Waals surface area contributed by atoms with Crippen LogP contribution in [0.1, 0.15) is 39.1 Å². The van der Waals surface area contributed by atoms with Crippen LogP contribution in [-0.2, 0) is 19.1 Å². The maximum Gasteiger partial charge on any atom is 0.263 e. The second-order valence-electron chi connectivity index (χ2n) is 6.43. The Morgan fingerprint density at radius 2 is 1.87 bits per heavy atom. The first-order chi connectivity index (χ1) is 14.0. The van der Waals surface area contributed by atoms with Crippen molar-refractivity contribution >= 4 is 36.0 Å². The Hall–Kier alpha value is -2.77. The van der Waals surface area contributed by atoms with Crippen molar-refractivity contribution in [1.29, 1.82) is 0 Å². The van der Waals surface area contributed by atoms with Crippen LogP contribution in [0, 0.1) is 11.8 Å². The van der Waals surface area contributed by atoms with Crippen molar-refractivity contribution in [3.8, 4) is 11.8 Å². The second kappa shape index (κ2) is 10.8. The molecule has 0 bridgehead atoms. The maximum atomic E-state index is 12.9. The molecule has 2 aliphatic heterocycles. The highest BCUT2D eigenvalue weighted by atomic mass is 35.5. The van der Waals surface area contributed by atoms with Crippen molar-refractivity contribution in [3.63, 3.8) is 0 Å².